The number of fused-ring (bicyclic) bond motifs is 1. The molecule has 1 unspecified atom stereocenters. The van der Waals surface area contributed by atoms with Crippen molar-refractivity contribution in [2.24, 2.45) is 0 Å². The zero-order valence-corrected chi connectivity index (χ0v) is 12.1. The van der Waals surface area contributed by atoms with Gasteiger partial charge in [0.15, 0.2) is 0 Å². The van der Waals surface area contributed by atoms with E-state index in [1.165, 1.54) is 0 Å². The first-order valence-corrected chi connectivity index (χ1v) is 6.83. The summed E-state index contributed by atoms with van der Waals surface area (Å²) in [5, 5.41) is 13.1. The predicted molar refractivity (Wildman–Crippen MR) is 83.4 cm³/mol. The molecule has 0 amide bonds. The number of hydrogen-bond acceptors (Lipinski definition) is 3. The van der Waals surface area contributed by atoms with E-state index in [0.29, 0.717) is 0 Å². The Kier molecular flexibility index (Phi) is 3.35. The zero-order valence-electron chi connectivity index (χ0n) is 12.1. The van der Waals surface area contributed by atoms with E-state index < -0.39 is 5.60 Å². The summed E-state index contributed by atoms with van der Waals surface area (Å²) >= 11 is 0. The number of aliphatic hydroxyl groups is 1. The van der Waals surface area contributed by atoms with Crippen LogP contribution in [0.2, 0.25) is 0 Å². The van der Waals surface area contributed by atoms with Crippen LogP contribution >= 0.6 is 0 Å². The fourth-order valence-electron chi connectivity index (χ4n) is 2.62. The topological polar surface area (TPSA) is 42.4 Å². The van der Waals surface area contributed by atoms with Gasteiger partial charge in [-0.25, -0.2) is 0 Å². The molecule has 3 heteroatoms. The minimum Gasteiger partial charge on any atom is -0.497 e. The standard InChI is InChI=1S/C18H17NO2/c1-18(20,14-6-4-7-15(11-14)21-2)17-8-3-5-13-9-10-19-12-16(13)17/h3-12,20H,1-2H3. The first-order chi connectivity index (χ1) is 10.1. The summed E-state index contributed by atoms with van der Waals surface area (Å²) in [7, 11) is 1.62. The van der Waals surface area contributed by atoms with Gasteiger partial charge in [0.25, 0.3) is 0 Å². The number of rotatable bonds is 3. The van der Waals surface area contributed by atoms with E-state index in [-0.39, 0.29) is 0 Å². The monoisotopic (exact) mass is 279 g/mol. The highest BCUT2D eigenvalue weighted by Gasteiger charge is 2.27. The molecular weight excluding hydrogens is 262 g/mol. The third kappa shape index (κ3) is 2.36. The number of methoxy groups -OCH3 is 1. The fraction of sp³-hybridized carbons (Fsp3) is 0.167. The summed E-state index contributed by atoms with van der Waals surface area (Å²) in [5.74, 6) is 0.728. The SMILES string of the molecule is COc1cccc(C(C)(O)c2cccc3ccncc23)c1. The van der Waals surface area contributed by atoms with Crippen molar-refractivity contribution in [3.63, 3.8) is 0 Å². The smallest absolute Gasteiger partial charge is 0.119 e. The van der Waals surface area contributed by atoms with Gasteiger partial charge < -0.3 is 9.84 Å². The predicted octanol–water partition coefficient (Wildman–Crippen LogP) is 3.50. The number of hydrogen-bond donors (Lipinski definition) is 1. The van der Waals surface area contributed by atoms with Gasteiger partial charge in [-0.2, -0.15) is 0 Å². The maximum Gasteiger partial charge on any atom is 0.119 e. The van der Waals surface area contributed by atoms with Crippen LogP contribution < -0.4 is 4.74 Å². The van der Waals surface area contributed by atoms with Crippen LogP contribution in [-0.4, -0.2) is 17.2 Å². The first kappa shape index (κ1) is 13.6. The lowest BCUT2D eigenvalue weighted by molar-refractivity contribution is 0.103. The van der Waals surface area contributed by atoms with Crippen LogP contribution in [0.5, 0.6) is 5.75 Å². The Bertz CT molecular complexity index is 776. The molecule has 2 aromatic carbocycles. The highest BCUT2D eigenvalue weighted by molar-refractivity contribution is 5.86. The molecular formula is C18H17NO2. The molecule has 21 heavy (non-hydrogen) atoms. The average molecular weight is 279 g/mol. The highest BCUT2D eigenvalue weighted by atomic mass is 16.5. The Labute approximate surface area is 123 Å². The second kappa shape index (κ2) is 5.19. The average Bonchev–Trinajstić information content (AvgIpc) is 2.54. The molecule has 1 aromatic heterocycles. The number of ether oxygens (including phenoxy) is 1. The molecule has 0 radical (unpaired) electrons. The van der Waals surface area contributed by atoms with Crippen molar-refractivity contribution in [1.29, 1.82) is 0 Å². The normalized spacial score (nSPS) is 13.9. The Balaban J connectivity index is 2.19. The van der Waals surface area contributed by atoms with Crippen LogP contribution in [0.4, 0.5) is 0 Å². The molecule has 0 fully saturated rings. The first-order valence-electron chi connectivity index (χ1n) is 6.83. The van der Waals surface area contributed by atoms with Crippen molar-refractivity contribution in [2.45, 2.75) is 12.5 Å². The Morgan fingerprint density at radius 3 is 2.71 bits per heavy atom. The van der Waals surface area contributed by atoms with E-state index in [2.05, 4.69) is 4.98 Å². The molecule has 1 N–H and O–H groups in total. The number of benzene rings is 2. The van der Waals surface area contributed by atoms with E-state index in [0.717, 1.165) is 27.6 Å². The molecule has 0 saturated carbocycles. The summed E-state index contributed by atoms with van der Waals surface area (Å²) in [5.41, 5.74) is 0.511. The third-order valence-corrected chi connectivity index (χ3v) is 3.84. The fourth-order valence-corrected chi connectivity index (χ4v) is 2.62. The van der Waals surface area contributed by atoms with Gasteiger partial charge in [-0.3, -0.25) is 4.98 Å². The van der Waals surface area contributed by atoms with E-state index in [4.69, 9.17) is 4.74 Å². The summed E-state index contributed by atoms with van der Waals surface area (Å²) < 4.78 is 5.25. The van der Waals surface area contributed by atoms with Crippen LogP contribution in [0.3, 0.4) is 0 Å². The number of nitrogens with zero attached hydrogens (tertiary/aromatic N) is 1. The Morgan fingerprint density at radius 1 is 1.10 bits per heavy atom. The maximum atomic E-state index is 11.1. The summed E-state index contributed by atoms with van der Waals surface area (Å²) in [6.45, 7) is 1.80. The highest BCUT2D eigenvalue weighted by Crippen LogP contribution is 2.35. The van der Waals surface area contributed by atoms with E-state index >= 15 is 0 Å². The lowest BCUT2D eigenvalue weighted by atomic mass is 9.85. The molecule has 3 rings (SSSR count). The van der Waals surface area contributed by atoms with Crippen LogP contribution in [-0.2, 0) is 5.60 Å². The van der Waals surface area contributed by atoms with E-state index in [9.17, 15) is 5.11 Å². The summed E-state index contributed by atoms with van der Waals surface area (Å²) in [6, 6.07) is 15.3. The number of aromatic nitrogens is 1. The molecule has 3 aromatic rings. The molecule has 0 bridgehead atoms. The molecule has 106 valence electrons. The minimum absolute atomic E-state index is 0.728. The zero-order chi connectivity index (χ0) is 14.9. The lowest BCUT2D eigenvalue weighted by Crippen LogP contribution is -2.23. The maximum absolute atomic E-state index is 11.1. The van der Waals surface area contributed by atoms with Crippen molar-refractivity contribution in [3.8, 4) is 5.75 Å². The lowest BCUT2D eigenvalue weighted by Gasteiger charge is -2.26. The molecule has 3 nitrogen and oxygen atoms in total. The van der Waals surface area contributed by atoms with Crippen LogP contribution in [0.25, 0.3) is 10.8 Å². The van der Waals surface area contributed by atoms with Gasteiger partial charge in [0.1, 0.15) is 11.4 Å². The van der Waals surface area contributed by atoms with Crippen molar-refractivity contribution in [1.82, 2.24) is 4.98 Å². The molecule has 1 heterocycles. The summed E-state index contributed by atoms with van der Waals surface area (Å²) in [4.78, 5) is 4.18. The van der Waals surface area contributed by atoms with Gasteiger partial charge >= 0.3 is 0 Å². The van der Waals surface area contributed by atoms with Crippen molar-refractivity contribution >= 4 is 10.8 Å². The van der Waals surface area contributed by atoms with Crippen molar-refractivity contribution in [3.05, 3.63) is 72.1 Å². The van der Waals surface area contributed by atoms with Crippen molar-refractivity contribution in [2.75, 3.05) is 7.11 Å². The molecule has 0 aliphatic rings. The van der Waals surface area contributed by atoms with Gasteiger partial charge in [0.2, 0.25) is 0 Å². The van der Waals surface area contributed by atoms with Crippen molar-refractivity contribution < 1.29 is 9.84 Å². The number of pyridine rings is 1. The largest absolute Gasteiger partial charge is 0.497 e. The van der Waals surface area contributed by atoms with Gasteiger partial charge in [-0.15, -0.1) is 0 Å². The molecule has 1 atom stereocenters. The van der Waals surface area contributed by atoms with E-state index in [1.807, 2.05) is 48.5 Å². The van der Waals surface area contributed by atoms with Gasteiger partial charge in [-0.1, -0.05) is 30.3 Å². The van der Waals surface area contributed by atoms with E-state index in [1.54, 1.807) is 26.4 Å². The quantitative estimate of drug-likeness (QED) is 0.798. The van der Waals surface area contributed by atoms with Crippen LogP contribution in [0.15, 0.2) is 60.9 Å². The Hall–Kier alpha value is -2.39. The molecule has 0 aliphatic carbocycles. The second-order valence-electron chi connectivity index (χ2n) is 5.21. The van der Waals surface area contributed by atoms with Gasteiger partial charge in [0.05, 0.1) is 7.11 Å². The van der Waals surface area contributed by atoms with Crippen LogP contribution in [0, 0.1) is 0 Å². The second-order valence-corrected chi connectivity index (χ2v) is 5.21. The molecule has 0 spiro atoms. The minimum atomic E-state index is -1.11. The van der Waals surface area contributed by atoms with Crippen LogP contribution in [0.1, 0.15) is 18.1 Å². The summed E-state index contributed by atoms with van der Waals surface area (Å²) in [6.07, 6.45) is 3.55. The third-order valence-electron chi connectivity index (χ3n) is 3.84. The molecule has 0 saturated heterocycles. The van der Waals surface area contributed by atoms with Gasteiger partial charge in [0, 0.05) is 17.8 Å². The van der Waals surface area contributed by atoms with Gasteiger partial charge in [-0.05, 0) is 41.6 Å². The molecule has 0 aliphatic heterocycles. The Morgan fingerprint density at radius 2 is 1.90 bits per heavy atom.